The molecule has 3 heterocycles. The van der Waals surface area contributed by atoms with Crippen LogP contribution in [0.15, 0.2) is 53.2 Å². The predicted molar refractivity (Wildman–Crippen MR) is 77.9 cm³/mol. The van der Waals surface area contributed by atoms with Gasteiger partial charge in [0.05, 0.1) is 12.5 Å². The highest BCUT2D eigenvalue weighted by molar-refractivity contribution is 5.98. The van der Waals surface area contributed by atoms with Crippen LogP contribution in [0.3, 0.4) is 0 Å². The second-order valence-electron chi connectivity index (χ2n) is 4.59. The molecule has 0 radical (unpaired) electrons. The van der Waals surface area contributed by atoms with E-state index < -0.39 is 0 Å². The predicted octanol–water partition coefficient (Wildman–Crippen LogP) is 3.98. The fourth-order valence-electron chi connectivity index (χ4n) is 2.51. The molecule has 1 aromatic carbocycles. The van der Waals surface area contributed by atoms with E-state index in [0.717, 1.165) is 39.1 Å². The van der Waals surface area contributed by atoms with Crippen LogP contribution in [-0.4, -0.2) is 17.1 Å². The zero-order valence-corrected chi connectivity index (χ0v) is 10.9. The van der Waals surface area contributed by atoms with Crippen molar-refractivity contribution in [1.29, 1.82) is 0 Å². The molecule has 1 N–H and O–H groups in total. The summed E-state index contributed by atoms with van der Waals surface area (Å²) >= 11 is 0. The molecule has 4 rings (SSSR count). The van der Waals surface area contributed by atoms with Crippen molar-refractivity contribution in [2.24, 2.45) is 0 Å². The number of hydrogen-bond acceptors (Lipinski definition) is 3. The van der Waals surface area contributed by atoms with E-state index in [0.29, 0.717) is 0 Å². The van der Waals surface area contributed by atoms with Crippen molar-refractivity contribution in [1.82, 2.24) is 9.97 Å². The largest absolute Gasteiger partial charge is 0.496 e. The van der Waals surface area contributed by atoms with Gasteiger partial charge in [-0.2, -0.15) is 0 Å². The molecule has 98 valence electrons. The molecule has 0 aliphatic rings. The summed E-state index contributed by atoms with van der Waals surface area (Å²) < 4.78 is 11.3. The molecular formula is C16H12N2O2. The van der Waals surface area contributed by atoms with Crippen molar-refractivity contribution >= 4 is 22.0 Å². The van der Waals surface area contributed by atoms with E-state index in [-0.39, 0.29) is 0 Å². The number of furan rings is 1. The zero-order valence-electron chi connectivity index (χ0n) is 10.9. The molecule has 0 bridgehead atoms. The number of nitrogens with zero attached hydrogens (tertiary/aromatic N) is 1. The quantitative estimate of drug-likeness (QED) is 0.595. The van der Waals surface area contributed by atoms with Crippen LogP contribution in [0.4, 0.5) is 0 Å². The molecule has 0 atom stereocenters. The first-order valence-electron chi connectivity index (χ1n) is 6.36. The molecule has 0 aliphatic carbocycles. The van der Waals surface area contributed by atoms with Crippen LogP contribution in [-0.2, 0) is 0 Å². The summed E-state index contributed by atoms with van der Waals surface area (Å²) in [5.74, 6) is 1.59. The molecule has 0 spiro atoms. The number of hydrogen-bond donors (Lipinski definition) is 1. The number of rotatable bonds is 2. The lowest BCUT2D eigenvalue weighted by atomic mass is 10.1. The molecule has 0 fully saturated rings. The fraction of sp³-hybridized carbons (Fsp3) is 0.0625. The lowest BCUT2D eigenvalue weighted by Crippen LogP contribution is -1.85. The smallest absolute Gasteiger partial charge is 0.141 e. The molecule has 0 unspecified atom stereocenters. The first-order valence-corrected chi connectivity index (χ1v) is 6.36. The van der Waals surface area contributed by atoms with E-state index in [1.807, 2.05) is 42.6 Å². The Morgan fingerprint density at radius 2 is 2.10 bits per heavy atom. The van der Waals surface area contributed by atoms with Gasteiger partial charge in [-0.25, -0.2) is 4.98 Å². The Balaban J connectivity index is 2.02. The van der Waals surface area contributed by atoms with Gasteiger partial charge in [0.1, 0.15) is 22.7 Å². The molecule has 3 aromatic heterocycles. The minimum absolute atomic E-state index is 0.784. The maximum absolute atomic E-state index is 5.92. The summed E-state index contributed by atoms with van der Waals surface area (Å²) in [4.78, 5) is 7.47. The standard InChI is InChI=1S/C16H12N2O2/c1-19-13-6-7-17-16-15(13)11(9-18-16)14-8-10-4-2-3-5-12(10)20-14/h2-9H,1H3,(H,17,18). The third-order valence-corrected chi connectivity index (χ3v) is 3.45. The molecule has 20 heavy (non-hydrogen) atoms. The Kier molecular flexibility index (Phi) is 2.29. The van der Waals surface area contributed by atoms with Crippen LogP contribution in [0.2, 0.25) is 0 Å². The molecule has 0 amide bonds. The van der Waals surface area contributed by atoms with E-state index in [4.69, 9.17) is 9.15 Å². The second-order valence-corrected chi connectivity index (χ2v) is 4.59. The minimum Gasteiger partial charge on any atom is -0.496 e. The zero-order chi connectivity index (χ0) is 13.5. The normalized spacial score (nSPS) is 11.2. The summed E-state index contributed by atoms with van der Waals surface area (Å²) in [7, 11) is 1.66. The van der Waals surface area contributed by atoms with Crippen LogP contribution in [0.25, 0.3) is 33.3 Å². The number of fused-ring (bicyclic) bond motifs is 2. The molecule has 0 aliphatic heterocycles. The number of pyridine rings is 1. The average Bonchev–Trinajstić information content (AvgIpc) is 3.10. The summed E-state index contributed by atoms with van der Waals surface area (Å²) in [6.07, 6.45) is 3.62. The van der Waals surface area contributed by atoms with E-state index in [1.54, 1.807) is 13.3 Å². The van der Waals surface area contributed by atoms with Crippen LogP contribution in [0.1, 0.15) is 0 Å². The van der Waals surface area contributed by atoms with Crippen LogP contribution in [0, 0.1) is 0 Å². The Hall–Kier alpha value is -2.75. The first kappa shape index (κ1) is 11.1. The fourth-order valence-corrected chi connectivity index (χ4v) is 2.51. The van der Waals surface area contributed by atoms with Crippen molar-refractivity contribution in [2.45, 2.75) is 0 Å². The van der Waals surface area contributed by atoms with Gasteiger partial charge in [0, 0.05) is 23.3 Å². The van der Waals surface area contributed by atoms with Gasteiger partial charge < -0.3 is 14.1 Å². The highest BCUT2D eigenvalue weighted by Crippen LogP contribution is 2.36. The van der Waals surface area contributed by atoms with Gasteiger partial charge in [-0.3, -0.25) is 0 Å². The second kappa shape index (κ2) is 4.13. The third-order valence-electron chi connectivity index (χ3n) is 3.45. The van der Waals surface area contributed by atoms with Crippen molar-refractivity contribution in [3.05, 3.63) is 48.8 Å². The number of ether oxygens (including phenoxy) is 1. The van der Waals surface area contributed by atoms with Gasteiger partial charge in [-0.1, -0.05) is 18.2 Å². The van der Waals surface area contributed by atoms with Gasteiger partial charge in [0.15, 0.2) is 0 Å². The third kappa shape index (κ3) is 1.51. The Morgan fingerprint density at radius 1 is 1.20 bits per heavy atom. The molecule has 4 heteroatoms. The minimum atomic E-state index is 0.784. The van der Waals surface area contributed by atoms with E-state index in [9.17, 15) is 0 Å². The molecular weight excluding hydrogens is 252 g/mol. The summed E-state index contributed by atoms with van der Waals surface area (Å²) in [6, 6.07) is 11.8. The number of methoxy groups -OCH3 is 1. The van der Waals surface area contributed by atoms with Crippen molar-refractivity contribution in [3.8, 4) is 17.1 Å². The Morgan fingerprint density at radius 3 is 2.95 bits per heavy atom. The maximum Gasteiger partial charge on any atom is 0.141 e. The van der Waals surface area contributed by atoms with Crippen LogP contribution < -0.4 is 4.74 Å². The van der Waals surface area contributed by atoms with E-state index in [1.165, 1.54) is 0 Å². The van der Waals surface area contributed by atoms with E-state index >= 15 is 0 Å². The van der Waals surface area contributed by atoms with Crippen molar-refractivity contribution < 1.29 is 9.15 Å². The van der Waals surface area contributed by atoms with Gasteiger partial charge in [-0.05, 0) is 18.2 Å². The van der Waals surface area contributed by atoms with Gasteiger partial charge in [0.2, 0.25) is 0 Å². The lowest BCUT2D eigenvalue weighted by Gasteiger charge is -2.02. The van der Waals surface area contributed by atoms with Crippen molar-refractivity contribution in [3.63, 3.8) is 0 Å². The summed E-state index contributed by atoms with van der Waals surface area (Å²) in [5.41, 5.74) is 2.63. The summed E-state index contributed by atoms with van der Waals surface area (Å²) in [6.45, 7) is 0. The molecule has 4 nitrogen and oxygen atoms in total. The molecule has 0 saturated heterocycles. The maximum atomic E-state index is 5.92. The number of para-hydroxylation sites is 1. The number of H-pyrrole nitrogens is 1. The highest BCUT2D eigenvalue weighted by Gasteiger charge is 2.15. The number of benzene rings is 1. The van der Waals surface area contributed by atoms with Crippen LogP contribution >= 0.6 is 0 Å². The SMILES string of the molecule is COc1ccnc2[nH]cc(-c3cc4ccccc4o3)c12. The number of aromatic nitrogens is 2. The summed E-state index contributed by atoms with van der Waals surface area (Å²) in [5, 5.41) is 2.02. The van der Waals surface area contributed by atoms with Gasteiger partial charge in [-0.15, -0.1) is 0 Å². The Labute approximate surface area is 115 Å². The van der Waals surface area contributed by atoms with Gasteiger partial charge >= 0.3 is 0 Å². The molecule has 4 aromatic rings. The lowest BCUT2D eigenvalue weighted by molar-refractivity contribution is 0.419. The molecule has 0 saturated carbocycles. The first-order chi connectivity index (χ1) is 9.86. The number of aromatic amines is 1. The van der Waals surface area contributed by atoms with Gasteiger partial charge in [0.25, 0.3) is 0 Å². The number of nitrogens with one attached hydrogen (secondary N) is 1. The monoisotopic (exact) mass is 264 g/mol. The average molecular weight is 264 g/mol. The van der Waals surface area contributed by atoms with Crippen molar-refractivity contribution in [2.75, 3.05) is 7.11 Å². The Bertz CT molecular complexity index is 872. The highest BCUT2D eigenvalue weighted by atomic mass is 16.5. The topological polar surface area (TPSA) is 51.0 Å². The van der Waals surface area contributed by atoms with E-state index in [2.05, 4.69) is 9.97 Å². The van der Waals surface area contributed by atoms with Crippen LogP contribution in [0.5, 0.6) is 5.75 Å².